The van der Waals surface area contributed by atoms with Crippen molar-refractivity contribution in [2.75, 3.05) is 24.4 Å². The Morgan fingerprint density at radius 3 is 2.65 bits per heavy atom. The number of thiophene rings is 1. The van der Waals surface area contributed by atoms with E-state index in [0.717, 1.165) is 40.3 Å². The summed E-state index contributed by atoms with van der Waals surface area (Å²) < 4.78 is 5.23. The molecule has 5 nitrogen and oxygen atoms in total. The highest BCUT2D eigenvalue weighted by Gasteiger charge is 2.17. The number of fused-ring (bicyclic) bond motifs is 1. The first-order chi connectivity index (χ1) is 12.6. The minimum atomic E-state index is 0.385. The van der Waals surface area contributed by atoms with Crippen LogP contribution in [0.5, 0.6) is 5.75 Å². The molecule has 7 heteroatoms. The number of nitrogens with zero attached hydrogens (tertiary/aromatic N) is 3. The third-order valence-electron chi connectivity index (χ3n) is 4.46. The fourth-order valence-corrected chi connectivity index (χ4v) is 3.84. The molecule has 0 saturated heterocycles. The quantitative estimate of drug-likeness (QED) is 0.558. The average molecular weight is 391 g/mol. The number of anilines is 3. The van der Waals surface area contributed by atoms with Crippen LogP contribution in [0.2, 0.25) is 5.02 Å². The summed E-state index contributed by atoms with van der Waals surface area (Å²) in [5.74, 6) is 2.20. The second kappa shape index (κ2) is 8.10. The topological polar surface area (TPSA) is 50.3 Å². The van der Waals surface area contributed by atoms with E-state index in [1.807, 2.05) is 29.5 Å². The second-order valence-electron chi connectivity index (χ2n) is 6.05. The third-order valence-corrected chi connectivity index (χ3v) is 5.57. The fourth-order valence-electron chi connectivity index (χ4n) is 2.78. The largest absolute Gasteiger partial charge is 0.497 e. The molecular weight excluding hydrogens is 368 g/mol. The summed E-state index contributed by atoms with van der Waals surface area (Å²) in [6.45, 7) is 4.36. The maximum absolute atomic E-state index is 6.43. The Balaban J connectivity index is 2.01. The molecule has 0 aliphatic heterocycles. The number of aromatic nitrogens is 2. The molecule has 1 aromatic carbocycles. The van der Waals surface area contributed by atoms with E-state index in [1.165, 1.54) is 0 Å². The molecule has 3 rings (SSSR count). The Bertz CT molecular complexity index is 894. The maximum Gasteiger partial charge on any atom is 0.233 e. The van der Waals surface area contributed by atoms with Gasteiger partial charge in [0.1, 0.15) is 16.4 Å². The molecule has 138 valence electrons. The monoisotopic (exact) mass is 390 g/mol. The number of benzene rings is 1. The van der Waals surface area contributed by atoms with Crippen molar-refractivity contribution in [1.82, 2.24) is 9.97 Å². The van der Waals surface area contributed by atoms with Gasteiger partial charge < -0.3 is 15.0 Å². The first kappa shape index (κ1) is 18.7. The van der Waals surface area contributed by atoms with Crippen molar-refractivity contribution in [3.8, 4) is 5.75 Å². The molecule has 2 aromatic heterocycles. The van der Waals surface area contributed by atoms with E-state index < -0.39 is 0 Å². The van der Waals surface area contributed by atoms with Gasteiger partial charge in [-0.05, 0) is 36.4 Å². The predicted molar refractivity (Wildman–Crippen MR) is 111 cm³/mol. The highest BCUT2D eigenvalue weighted by Crippen LogP contribution is 2.34. The zero-order chi connectivity index (χ0) is 18.7. The summed E-state index contributed by atoms with van der Waals surface area (Å²) >= 11 is 8.04. The van der Waals surface area contributed by atoms with Crippen LogP contribution in [0.4, 0.5) is 17.5 Å². The van der Waals surface area contributed by atoms with Crippen LogP contribution < -0.4 is 15.0 Å². The molecule has 0 radical (unpaired) electrons. The molecule has 0 amide bonds. The number of ether oxygens (including phenoxy) is 1. The van der Waals surface area contributed by atoms with Gasteiger partial charge in [-0.25, -0.2) is 4.98 Å². The van der Waals surface area contributed by atoms with Crippen molar-refractivity contribution in [2.45, 2.75) is 32.7 Å². The van der Waals surface area contributed by atoms with E-state index in [1.54, 1.807) is 24.5 Å². The van der Waals surface area contributed by atoms with Gasteiger partial charge in [-0.2, -0.15) is 4.98 Å². The van der Waals surface area contributed by atoms with Gasteiger partial charge in [0.05, 0.1) is 23.2 Å². The van der Waals surface area contributed by atoms with Crippen LogP contribution in [-0.2, 0) is 0 Å². The minimum Gasteiger partial charge on any atom is -0.497 e. The number of nitrogens with one attached hydrogen (secondary N) is 1. The van der Waals surface area contributed by atoms with Gasteiger partial charge in [-0.3, -0.25) is 0 Å². The predicted octanol–water partition coefficient (Wildman–Crippen LogP) is 5.72. The van der Waals surface area contributed by atoms with Crippen LogP contribution in [0.25, 0.3) is 10.2 Å². The van der Waals surface area contributed by atoms with Crippen molar-refractivity contribution in [3.63, 3.8) is 0 Å². The zero-order valence-corrected chi connectivity index (χ0v) is 17.0. The molecule has 0 fully saturated rings. The van der Waals surface area contributed by atoms with E-state index in [-0.39, 0.29) is 0 Å². The van der Waals surface area contributed by atoms with Gasteiger partial charge >= 0.3 is 0 Å². The lowest BCUT2D eigenvalue weighted by molar-refractivity contribution is 0.415. The molecule has 0 aliphatic rings. The van der Waals surface area contributed by atoms with Crippen molar-refractivity contribution in [2.24, 2.45) is 0 Å². The lowest BCUT2D eigenvalue weighted by Gasteiger charge is -2.21. The summed E-state index contributed by atoms with van der Waals surface area (Å²) in [4.78, 5) is 12.4. The Hall–Kier alpha value is -2.05. The summed E-state index contributed by atoms with van der Waals surface area (Å²) in [7, 11) is 3.54. The van der Waals surface area contributed by atoms with Gasteiger partial charge in [0.2, 0.25) is 5.95 Å². The van der Waals surface area contributed by atoms with E-state index in [4.69, 9.17) is 26.3 Å². The maximum atomic E-state index is 6.43. The lowest BCUT2D eigenvalue weighted by Crippen LogP contribution is -2.20. The van der Waals surface area contributed by atoms with Crippen molar-refractivity contribution >= 4 is 50.6 Å². The fraction of sp³-hybridized carbons (Fsp3) is 0.368. The second-order valence-corrected chi connectivity index (χ2v) is 7.35. The van der Waals surface area contributed by atoms with Crippen LogP contribution in [0, 0.1) is 0 Å². The Labute approximate surface area is 163 Å². The zero-order valence-electron chi connectivity index (χ0n) is 15.4. The van der Waals surface area contributed by atoms with Gasteiger partial charge in [0, 0.05) is 19.2 Å². The minimum absolute atomic E-state index is 0.385. The summed E-state index contributed by atoms with van der Waals surface area (Å²) in [6.07, 6.45) is 2.09. The molecule has 0 saturated carbocycles. The van der Waals surface area contributed by atoms with Crippen LogP contribution in [-0.4, -0.2) is 30.2 Å². The highest BCUT2D eigenvalue weighted by molar-refractivity contribution is 7.16. The number of methoxy groups -OCH3 is 1. The summed E-state index contributed by atoms with van der Waals surface area (Å²) in [6, 6.07) is 8.03. The molecule has 0 bridgehead atoms. The normalized spacial score (nSPS) is 11.2. The van der Waals surface area contributed by atoms with Gasteiger partial charge in [-0.1, -0.05) is 25.4 Å². The standard InChI is InChI=1S/C19H23ClN4OS/c1-5-12(6-2)21-17-14-9-10-26-18(14)23-19(22-17)24(3)16-8-7-13(25-4)11-15(16)20/h7-12H,5-6H2,1-4H3,(H,21,22,23). The first-order valence-electron chi connectivity index (χ1n) is 8.66. The summed E-state index contributed by atoms with van der Waals surface area (Å²) in [5.41, 5.74) is 0.830. The molecular formula is C19H23ClN4OS. The Morgan fingerprint density at radius 1 is 1.23 bits per heavy atom. The molecule has 26 heavy (non-hydrogen) atoms. The van der Waals surface area contributed by atoms with Crippen molar-refractivity contribution < 1.29 is 4.74 Å². The SMILES string of the molecule is CCC(CC)Nc1nc(N(C)c2ccc(OC)cc2Cl)nc2sccc12. The highest BCUT2D eigenvalue weighted by atomic mass is 35.5. The molecule has 0 spiro atoms. The molecule has 3 aromatic rings. The smallest absolute Gasteiger partial charge is 0.233 e. The molecule has 0 aliphatic carbocycles. The van der Waals surface area contributed by atoms with Crippen LogP contribution in [0.3, 0.4) is 0 Å². The van der Waals surface area contributed by atoms with E-state index >= 15 is 0 Å². The third kappa shape index (κ3) is 3.71. The van der Waals surface area contributed by atoms with E-state index in [9.17, 15) is 0 Å². The first-order valence-corrected chi connectivity index (χ1v) is 9.92. The average Bonchev–Trinajstić information content (AvgIpc) is 3.14. The number of rotatable bonds is 7. The van der Waals surface area contributed by atoms with E-state index in [0.29, 0.717) is 17.0 Å². The van der Waals surface area contributed by atoms with Gasteiger partial charge in [0.25, 0.3) is 0 Å². The Morgan fingerprint density at radius 2 is 2.00 bits per heavy atom. The number of halogens is 1. The lowest BCUT2D eigenvalue weighted by atomic mass is 10.1. The van der Waals surface area contributed by atoms with Crippen LogP contribution in [0.15, 0.2) is 29.6 Å². The molecule has 2 heterocycles. The van der Waals surface area contributed by atoms with Crippen LogP contribution >= 0.6 is 22.9 Å². The van der Waals surface area contributed by atoms with E-state index in [2.05, 4.69) is 25.2 Å². The van der Waals surface area contributed by atoms with Gasteiger partial charge in [0.15, 0.2) is 0 Å². The molecule has 0 unspecified atom stereocenters. The Kier molecular flexibility index (Phi) is 5.84. The van der Waals surface area contributed by atoms with Crippen molar-refractivity contribution in [1.29, 1.82) is 0 Å². The number of hydrogen-bond donors (Lipinski definition) is 1. The van der Waals surface area contributed by atoms with Crippen LogP contribution in [0.1, 0.15) is 26.7 Å². The summed E-state index contributed by atoms with van der Waals surface area (Å²) in [5, 5.41) is 7.26. The number of hydrogen-bond acceptors (Lipinski definition) is 6. The van der Waals surface area contributed by atoms with Crippen molar-refractivity contribution in [3.05, 3.63) is 34.7 Å². The van der Waals surface area contributed by atoms with Gasteiger partial charge in [-0.15, -0.1) is 11.3 Å². The molecule has 1 N–H and O–H groups in total. The molecule has 0 atom stereocenters.